The zero-order valence-electron chi connectivity index (χ0n) is 11.4. The van der Waals surface area contributed by atoms with Crippen LogP contribution < -0.4 is 10.6 Å². The molecule has 3 atom stereocenters. The molecule has 0 bridgehead atoms. The van der Waals surface area contributed by atoms with E-state index in [2.05, 4.69) is 10.6 Å². The molecule has 0 aromatic rings. The summed E-state index contributed by atoms with van der Waals surface area (Å²) in [6.45, 7) is 1.11. The van der Waals surface area contributed by atoms with Crippen LogP contribution in [0, 0.1) is 0 Å². The number of carbonyl (C=O) groups is 1. The molecule has 2 fully saturated rings. The first-order chi connectivity index (χ1) is 8.79. The summed E-state index contributed by atoms with van der Waals surface area (Å²) in [6.07, 6.45) is 8.93. The van der Waals surface area contributed by atoms with Crippen molar-refractivity contribution in [3.63, 3.8) is 0 Å². The first-order valence-electron chi connectivity index (χ1n) is 7.35. The number of rotatable bonds is 5. The van der Waals surface area contributed by atoms with Crippen molar-refractivity contribution >= 4 is 5.91 Å². The number of methoxy groups -OCH3 is 1. The van der Waals surface area contributed by atoms with Crippen molar-refractivity contribution in [2.24, 2.45) is 0 Å². The van der Waals surface area contributed by atoms with Crippen LogP contribution in [0.5, 0.6) is 0 Å². The lowest BCUT2D eigenvalue weighted by Crippen LogP contribution is -2.41. The maximum absolute atomic E-state index is 11.9. The highest BCUT2D eigenvalue weighted by atomic mass is 16.5. The van der Waals surface area contributed by atoms with E-state index < -0.39 is 0 Å². The van der Waals surface area contributed by atoms with Crippen LogP contribution in [0.15, 0.2) is 0 Å². The third-order valence-corrected chi connectivity index (χ3v) is 4.23. The summed E-state index contributed by atoms with van der Waals surface area (Å²) < 4.78 is 5.39. The second kappa shape index (κ2) is 7.10. The van der Waals surface area contributed by atoms with Gasteiger partial charge in [0.05, 0.1) is 12.1 Å². The molecule has 0 radical (unpaired) electrons. The molecule has 2 rings (SSSR count). The molecular weight excluding hydrogens is 228 g/mol. The van der Waals surface area contributed by atoms with Gasteiger partial charge in [0.2, 0.25) is 5.91 Å². The highest BCUT2D eigenvalue weighted by Crippen LogP contribution is 2.21. The Balaban J connectivity index is 1.65. The van der Waals surface area contributed by atoms with Gasteiger partial charge in [-0.1, -0.05) is 6.42 Å². The predicted octanol–water partition coefficient (Wildman–Crippen LogP) is 1.59. The topological polar surface area (TPSA) is 50.4 Å². The number of ether oxygens (including phenoxy) is 1. The molecule has 1 aliphatic heterocycles. The van der Waals surface area contributed by atoms with E-state index in [1.807, 2.05) is 0 Å². The summed E-state index contributed by atoms with van der Waals surface area (Å²) in [6, 6.07) is 0.785. The molecule has 1 heterocycles. The van der Waals surface area contributed by atoms with Crippen LogP contribution in [-0.4, -0.2) is 37.7 Å². The van der Waals surface area contributed by atoms with Gasteiger partial charge in [0, 0.05) is 19.6 Å². The molecule has 2 N–H and O–H groups in total. The van der Waals surface area contributed by atoms with E-state index in [0.717, 1.165) is 32.2 Å². The quantitative estimate of drug-likeness (QED) is 0.783. The highest BCUT2D eigenvalue weighted by Gasteiger charge is 2.28. The molecular formula is C14H26N2O2. The molecule has 104 valence electrons. The summed E-state index contributed by atoms with van der Waals surface area (Å²) in [5, 5.41) is 6.61. The van der Waals surface area contributed by atoms with E-state index in [1.165, 1.54) is 19.3 Å². The van der Waals surface area contributed by atoms with Crippen molar-refractivity contribution in [3.8, 4) is 0 Å². The number of piperidine rings is 1. The van der Waals surface area contributed by atoms with Gasteiger partial charge in [-0.15, -0.1) is 0 Å². The zero-order chi connectivity index (χ0) is 12.8. The molecule has 1 amide bonds. The fourth-order valence-corrected chi connectivity index (χ4v) is 3.13. The minimum atomic E-state index is 0.191. The summed E-state index contributed by atoms with van der Waals surface area (Å²) in [5.41, 5.74) is 0. The Morgan fingerprint density at radius 2 is 2.17 bits per heavy atom. The van der Waals surface area contributed by atoms with E-state index in [4.69, 9.17) is 4.74 Å². The van der Waals surface area contributed by atoms with E-state index in [-0.39, 0.29) is 18.1 Å². The molecule has 0 aromatic heterocycles. The first kappa shape index (κ1) is 13.8. The fraction of sp³-hybridized carbons (Fsp3) is 0.929. The van der Waals surface area contributed by atoms with Crippen molar-refractivity contribution in [1.82, 2.24) is 10.6 Å². The van der Waals surface area contributed by atoms with Crippen molar-refractivity contribution < 1.29 is 9.53 Å². The van der Waals surface area contributed by atoms with Gasteiger partial charge in [0.1, 0.15) is 0 Å². The Bertz CT molecular complexity index is 265. The van der Waals surface area contributed by atoms with Gasteiger partial charge in [-0.25, -0.2) is 0 Å². The Morgan fingerprint density at radius 3 is 2.89 bits per heavy atom. The largest absolute Gasteiger partial charge is 0.379 e. The maximum Gasteiger partial charge on any atom is 0.220 e. The van der Waals surface area contributed by atoms with Crippen molar-refractivity contribution in [1.29, 1.82) is 0 Å². The average Bonchev–Trinajstić information content (AvgIpc) is 2.85. The van der Waals surface area contributed by atoms with Crippen LogP contribution >= 0.6 is 0 Å². The van der Waals surface area contributed by atoms with Crippen LogP contribution in [0.1, 0.15) is 51.4 Å². The van der Waals surface area contributed by atoms with E-state index in [1.54, 1.807) is 7.11 Å². The molecule has 1 aliphatic carbocycles. The van der Waals surface area contributed by atoms with Gasteiger partial charge in [0.15, 0.2) is 0 Å². The number of carbonyl (C=O) groups excluding carboxylic acids is 1. The van der Waals surface area contributed by atoms with Crippen LogP contribution in [0.4, 0.5) is 0 Å². The lowest BCUT2D eigenvalue weighted by atomic mass is 10.0. The van der Waals surface area contributed by atoms with Gasteiger partial charge in [-0.05, 0) is 45.1 Å². The summed E-state index contributed by atoms with van der Waals surface area (Å²) in [4.78, 5) is 11.9. The minimum absolute atomic E-state index is 0.191. The van der Waals surface area contributed by atoms with Crippen LogP contribution in [0.25, 0.3) is 0 Å². The van der Waals surface area contributed by atoms with Gasteiger partial charge in [0.25, 0.3) is 0 Å². The van der Waals surface area contributed by atoms with E-state index in [9.17, 15) is 4.79 Å². The summed E-state index contributed by atoms with van der Waals surface area (Å²) in [5.74, 6) is 0.191. The van der Waals surface area contributed by atoms with Crippen molar-refractivity contribution in [2.75, 3.05) is 13.7 Å². The van der Waals surface area contributed by atoms with Crippen LogP contribution in [0.2, 0.25) is 0 Å². The lowest BCUT2D eigenvalue weighted by molar-refractivity contribution is -0.122. The van der Waals surface area contributed by atoms with Crippen LogP contribution in [0.3, 0.4) is 0 Å². The Hall–Kier alpha value is -0.610. The van der Waals surface area contributed by atoms with E-state index in [0.29, 0.717) is 12.5 Å². The van der Waals surface area contributed by atoms with Gasteiger partial charge in [-0.2, -0.15) is 0 Å². The third-order valence-electron chi connectivity index (χ3n) is 4.23. The molecule has 4 nitrogen and oxygen atoms in total. The second-order valence-electron chi connectivity index (χ2n) is 5.56. The molecule has 1 saturated heterocycles. The molecule has 0 aromatic carbocycles. The molecule has 0 spiro atoms. The zero-order valence-corrected chi connectivity index (χ0v) is 11.4. The van der Waals surface area contributed by atoms with Crippen molar-refractivity contribution in [3.05, 3.63) is 0 Å². The third kappa shape index (κ3) is 3.95. The average molecular weight is 254 g/mol. The Labute approximate surface area is 110 Å². The monoisotopic (exact) mass is 254 g/mol. The van der Waals surface area contributed by atoms with Crippen LogP contribution in [-0.2, 0) is 9.53 Å². The number of amides is 1. The van der Waals surface area contributed by atoms with Crippen molar-refractivity contribution in [2.45, 2.75) is 69.6 Å². The molecule has 18 heavy (non-hydrogen) atoms. The number of hydrogen-bond acceptors (Lipinski definition) is 3. The van der Waals surface area contributed by atoms with Gasteiger partial charge in [-0.3, -0.25) is 4.79 Å². The SMILES string of the molecule is COC1CCCC1NC(=O)CCC1CCCCN1. The molecule has 3 unspecified atom stereocenters. The minimum Gasteiger partial charge on any atom is -0.379 e. The standard InChI is InChI=1S/C14H26N2O2/c1-18-13-7-4-6-12(13)16-14(17)9-8-11-5-2-3-10-15-11/h11-13,15H,2-10H2,1H3,(H,16,17). The second-order valence-corrected chi connectivity index (χ2v) is 5.56. The maximum atomic E-state index is 11.9. The Kier molecular flexibility index (Phi) is 5.45. The normalized spacial score (nSPS) is 32.4. The Morgan fingerprint density at radius 1 is 1.28 bits per heavy atom. The van der Waals surface area contributed by atoms with E-state index >= 15 is 0 Å². The number of hydrogen-bond donors (Lipinski definition) is 2. The fourth-order valence-electron chi connectivity index (χ4n) is 3.13. The molecule has 4 heteroatoms. The lowest BCUT2D eigenvalue weighted by Gasteiger charge is -2.24. The smallest absolute Gasteiger partial charge is 0.220 e. The number of nitrogens with one attached hydrogen (secondary N) is 2. The predicted molar refractivity (Wildman–Crippen MR) is 71.5 cm³/mol. The summed E-state index contributed by atoms with van der Waals surface area (Å²) in [7, 11) is 1.74. The van der Waals surface area contributed by atoms with Gasteiger partial charge < -0.3 is 15.4 Å². The highest BCUT2D eigenvalue weighted by molar-refractivity contribution is 5.76. The van der Waals surface area contributed by atoms with Gasteiger partial charge >= 0.3 is 0 Å². The first-order valence-corrected chi connectivity index (χ1v) is 7.35. The molecule has 1 saturated carbocycles. The summed E-state index contributed by atoms with van der Waals surface area (Å²) >= 11 is 0. The molecule has 2 aliphatic rings.